The van der Waals surface area contributed by atoms with Gasteiger partial charge in [-0.2, -0.15) is 0 Å². The molecule has 120 valence electrons. The number of benzene rings is 3. The van der Waals surface area contributed by atoms with E-state index in [1.54, 1.807) is 0 Å². The first-order valence-electron chi connectivity index (χ1n) is 7.71. The minimum absolute atomic E-state index is 0.168. The molecule has 0 heterocycles. The molecule has 0 saturated heterocycles. The Balaban J connectivity index is 2.08. The zero-order valence-corrected chi connectivity index (χ0v) is 14.0. The minimum atomic E-state index is -2.95. The van der Waals surface area contributed by atoms with E-state index in [0.717, 1.165) is 16.2 Å². The van der Waals surface area contributed by atoms with Crippen molar-refractivity contribution in [3.63, 3.8) is 0 Å². The Hall–Kier alpha value is -2.64. The van der Waals surface area contributed by atoms with Crippen molar-refractivity contribution in [2.75, 3.05) is 6.16 Å². The molecule has 24 heavy (non-hydrogen) atoms. The van der Waals surface area contributed by atoms with Crippen molar-refractivity contribution in [3.8, 4) is 0 Å². The maximum absolute atomic E-state index is 14.0. The van der Waals surface area contributed by atoms with Crippen LogP contribution < -0.4 is 10.6 Å². The zero-order chi connectivity index (χ0) is 16.8. The van der Waals surface area contributed by atoms with Crippen LogP contribution in [0.2, 0.25) is 0 Å². The van der Waals surface area contributed by atoms with Crippen LogP contribution in [0.25, 0.3) is 0 Å². The molecule has 0 radical (unpaired) electrons. The zero-order valence-electron chi connectivity index (χ0n) is 13.1. The molecular weight excluding hydrogens is 317 g/mol. The normalized spacial score (nSPS) is 12.1. The van der Waals surface area contributed by atoms with Gasteiger partial charge in [0.25, 0.3) is 0 Å². The molecule has 0 amide bonds. The lowest BCUT2D eigenvalue weighted by atomic mass is 10.1. The third-order valence-electron chi connectivity index (χ3n) is 3.95. The standard InChI is InChI=1S/C20H18NO2P/c22-21-20(17-10-4-1-5-11-17)16-24(23,18-12-6-2-7-13-18)19-14-8-3-9-15-19/h1-15,22H,16H2/b21-20-. The molecule has 0 fully saturated rings. The molecule has 0 aliphatic heterocycles. The summed E-state index contributed by atoms with van der Waals surface area (Å²) in [5.74, 6) is 0. The summed E-state index contributed by atoms with van der Waals surface area (Å²) in [7, 11) is -2.95. The van der Waals surface area contributed by atoms with Gasteiger partial charge in [-0.15, -0.1) is 0 Å². The summed E-state index contributed by atoms with van der Waals surface area (Å²) < 4.78 is 14.0. The van der Waals surface area contributed by atoms with E-state index in [1.807, 2.05) is 91.0 Å². The third-order valence-corrected chi connectivity index (χ3v) is 6.96. The quantitative estimate of drug-likeness (QED) is 0.333. The predicted octanol–water partition coefficient (Wildman–Crippen LogP) is 3.88. The number of nitrogens with zero attached hydrogens (tertiary/aromatic N) is 1. The van der Waals surface area contributed by atoms with E-state index in [9.17, 15) is 9.77 Å². The first kappa shape index (κ1) is 16.2. The number of oxime groups is 1. The van der Waals surface area contributed by atoms with Crippen LogP contribution in [0, 0.1) is 0 Å². The van der Waals surface area contributed by atoms with Crippen LogP contribution >= 0.6 is 7.14 Å². The maximum Gasteiger partial charge on any atom is 0.149 e. The van der Waals surface area contributed by atoms with Gasteiger partial charge in [0, 0.05) is 10.6 Å². The van der Waals surface area contributed by atoms with Gasteiger partial charge < -0.3 is 9.77 Å². The van der Waals surface area contributed by atoms with Gasteiger partial charge in [-0.25, -0.2) is 0 Å². The summed E-state index contributed by atoms with van der Waals surface area (Å²) in [5.41, 5.74) is 1.19. The highest BCUT2D eigenvalue weighted by Crippen LogP contribution is 2.43. The van der Waals surface area contributed by atoms with Gasteiger partial charge in [-0.05, 0) is 5.56 Å². The molecule has 0 bridgehead atoms. The molecule has 0 aliphatic rings. The van der Waals surface area contributed by atoms with Crippen molar-refractivity contribution in [2.24, 2.45) is 5.16 Å². The largest absolute Gasteiger partial charge is 0.411 e. The lowest BCUT2D eigenvalue weighted by molar-refractivity contribution is 0.319. The number of hydrogen-bond acceptors (Lipinski definition) is 3. The van der Waals surface area contributed by atoms with Gasteiger partial charge in [0.2, 0.25) is 0 Å². The highest BCUT2D eigenvalue weighted by atomic mass is 31.2. The Kier molecular flexibility index (Phi) is 4.93. The topological polar surface area (TPSA) is 49.7 Å². The van der Waals surface area contributed by atoms with E-state index in [4.69, 9.17) is 0 Å². The Morgan fingerprint density at radius 2 is 1.17 bits per heavy atom. The monoisotopic (exact) mass is 335 g/mol. The third kappa shape index (κ3) is 3.32. The van der Waals surface area contributed by atoms with Gasteiger partial charge in [-0.1, -0.05) is 96.2 Å². The summed E-state index contributed by atoms with van der Waals surface area (Å²) >= 11 is 0. The van der Waals surface area contributed by atoms with E-state index in [2.05, 4.69) is 5.16 Å². The van der Waals surface area contributed by atoms with Gasteiger partial charge in [0.15, 0.2) is 0 Å². The maximum atomic E-state index is 14.0. The van der Waals surface area contributed by atoms with Crippen molar-refractivity contribution >= 4 is 23.5 Å². The van der Waals surface area contributed by atoms with Crippen molar-refractivity contribution < 1.29 is 9.77 Å². The highest BCUT2D eigenvalue weighted by molar-refractivity contribution is 7.79. The summed E-state index contributed by atoms with van der Waals surface area (Å²) in [4.78, 5) is 0. The molecule has 1 N–H and O–H groups in total. The number of hydrogen-bond donors (Lipinski definition) is 1. The smallest absolute Gasteiger partial charge is 0.149 e. The van der Waals surface area contributed by atoms with Crippen LogP contribution in [-0.4, -0.2) is 17.1 Å². The Morgan fingerprint density at radius 1 is 0.750 bits per heavy atom. The van der Waals surface area contributed by atoms with Gasteiger partial charge in [0.1, 0.15) is 7.14 Å². The molecule has 0 unspecified atom stereocenters. The van der Waals surface area contributed by atoms with E-state index >= 15 is 0 Å². The van der Waals surface area contributed by atoms with Gasteiger partial charge >= 0.3 is 0 Å². The van der Waals surface area contributed by atoms with Crippen LogP contribution in [-0.2, 0) is 4.57 Å². The van der Waals surface area contributed by atoms with Crippen LogP contribution in [0.4, 0.5) is 0 Å². The molecule has 3 rings (SSSR count). The van der Waals surface area contributed by atoms with Gasteiger partial charge in [-0.3, -0.25) is 0 Å². The summed E-state index contributed by atoms with van der Waals surface area (Å²) in [6.07, 6.45) is 0.168. The lowest BCUT2D eigenvalue weighted by Crippen LogP contribution is -2.23. The summed E-state index contributed by atoms with van der Waals surface area (Å²) in [6.45, 7) is 0. The fourth-order valence-corrected chi connectivity index (χ4v) is 5.33. The van der Waals surface area contributed by atoms with Crippen LogP contribution in [0.5, 0.6) is 0 Å². The van der Waals surface area contributed by atoms with Crippen LogP contribution in [0.3, 0.4) is 0 Å². The molecule has 3 nitrogen and oxygen atoms in total. The molecule has 0 saturated carbocycles. The van der Waals surface area contributed by atoms with Crippen molar-refractivity contribution in [3.05, 3.63) is 96.6 Å². The average Bonchev–Trinajstić information content (AvgIpc) is 2.68. The minimum Gasteiger partial charge on any atom is -0.411 e. The van der Waals surface area contributed by atoms with E-state index < -0.39 is 7.14 Å². The van der Waals surface area contributed by atoms with E-state index in [1.165, 1.54) is 0 Å². The first-order chi connectivity index (χ1) is 11.7. The van der Waals surface area contributed by atoms with Crippen LogP contribution in [0.15, 0.2) is 96.2 Å². The van der Waals surface area contributed by atoms with E-state index in [0.29, 0.717) is 5.71 Å². The predicted molar refractivity (Wildman–Crippen MR) is 99.4 cm³/mol. The fourth-order valence-electron chi connectivity index (χ4n) is 2.69. The second-order valence-electron chi connectivity index (χ2n) is 5.48. The lowest BCUT2D eigenvalue weighted by Gasteiger charge is -2.20. The summed E-state index contributed by atoms with van der Waals surface area (Å²) in [6, 6.07) is 28.1. The van der Waals surface area contributed by atoms with Crippen molar-refractivity contribution in [1.82, 2.24) is 0 Å². The second kappa shape index (κ2) is 7.29. The van der Waals surface area contributed by atoms with E-state index in [-0.39, 0.29) is 6.16 Å². The molecule has 4 heteroatoms. The molecule has 3 aromatic rings. The van der Waals surface area contributed by atoms with Gasteiger partial charge in [0.05, 0.1) is 11.9 Å². The highest BCUT2D eigenvalue weighted by Gasteiger charge is 2.29. The molecule has 0 aromatic heterocycles. The van der Waals surface area contributed by atoms with Crippen LogP contribution in [0.1, 0.15) is 5.56 Å². The Morgan fingerprint density at radius 3 is 1.58 bits per heavy atom. The molecule has 0 spiro atoms. The first-order valence-corrected chi connectivity index (χ1v) is 9.60. The molecule has 0 aliphatic carbocycles. The number of rotatable bonds is 5. The Bertz CT molecular complexity index is 818. The SMILES string of the molecule is O=P(C/C(=N/O)c1ccccc1)(c1ccccc1)c1ccccc1. The second-order valence-corrected chi connectivity index (χ2v) is 8.31. The molecule has 3 aromatic carbocycles. The van der Waals surface area contributed by atoms with Crippen molar-refractivity contribution in [2.45, 2.75) is 0 Å². The fraction of sp³-hybridized carbons (Fsp3) is 0.0500. The molecule has 0 atom stereocenters. The molecular formula is C20H18NO2P. The van der Waals surface area contributed by atoms with Crippen molar-refractivity contribution in [1.29, 1.82) is 0 Å². The summed E-state index contributed by atoms with van der Waals surface area (Å²) in [5, 5.41) is 14.5. The Labute approximate surface area is 141 Å². The average molecular weight is 335 g/mol.